The summed E-state index contributed by atoms with van der Waals surface area (Å²) in [5.74, 6) is 1.71. The molecule has 1 heterocycles. The Morgan fingerprint density at radius 3 is 1.70 bits per heavy atom. The van der Waals surface area contributed by atoms with E-state index in [1.165, 1.54) is 57.8 Å². The summed E-state index contributed by atoms with van der Waals surface area (Å²) in [6.45, 7) is 0. The zero-order chi connectivity index (χ0) is 14.6. The van der Waals surface area contributed by atoms with Gasteiger partial charge in [0.05, 0.1) is 0 Å². The molecular weight excluding hydrogens is 379 g/mol. The Morgan fingerprint density at radius 2 is 1.26 bits per heavy atom. The summed E-state index contributed by atoms with van der Waals surface area (Å²) in [6, 6.07) is 0. The third-order valence-electron chi connectivity index (χ3n) is 6.94. The van der Waals surface area contributed by atoms with Crippen molar-refractivity contribution in [2.24, 2.45) is 11.8 Å². The van der Waals surface area contributed by atoms with Crippen LogP contribution >= 0.6 is 0 Å². The number of halogens is 1. The van der Waals surface area contributed by atoms with Crippen molar-refractivity contribution in [3.05, 3.63) is 46.6 Å². The first-order chi connectivity index (χ1) is 10.9. The van der Waals surface area contributed by atoms with Gasteiger partial charge in [-0.3, -0.25) is 0 Å². The molecular formula is C21H26ClZr. The molecule has 5 aliphatic rings. The van der Waals surface area contributed by atoms with Crippen LogP contribution in [0.2, 0.25) is 7.25 Å². The van der Waals surface area contributed by atoms with E-state index in [0.29, 0.717) is 0 Å². The summed E-state index contributed by atoms with van der Waals surface area (Å²) in [5.41, 5.74) is 7.29. The fourth-order valence-electron chi connectivity index (χ4n) is 5.76. The average Bonchev–Trinajstić information content (AvgIpc) is 3.13. The van der Waals surface area contributed by atoms with Gasteiger partial charge in [0.15, 0.2) is 0 Å². The summed E-state index contributed by atoms with van der Waals surface area (Å²) in [7, 11) is 0. The Labute approximate surface area is 158 Å². The van der Waals surface area contributed by atoms with E-state index in [9.17, 15) is 0 Å². The number of rotatable bonds is 2. The maximum Gasteiger partial charge on any atom is -1.00 e. The van der Waals surface area contributed by atoms with Crippen LogP contribution in [0.15, 0.2) is 46.6 Å². The van der Waals surface area contributed by atoms with Crippen LogP contribution in [0.5, 0.6) is 0 Å². The Hall–Kier alpha value is 0.133. The molecule has 1 aliphatic heterocycles. The first kappa shape index (κ1) is 16.6. The Balaban J connectivity index is 0.00000135. The van der Waals surface area contributed by atoms with E-state index >= 15 is 0 Å². The fourth-order valence-corrected chi connectivity index (χ4v) is 10.2. The van der Waals surface area contributed by atoms with Gasteiger partial charge in [0.2, 0.25) is 0 Å². The van der Waals surface area contributed by atoms with E-state index in [-0.39, 0.29) is 35.6 Å². The van der Waals surface area contributed by atoms with Crippen molar-refractivity contribution in [2.45, 2.75) is 65.0 Å². The van der Waals surface area contributed by atoms with Crippen molar-refractivity contribution >= 4 is 0 Å². The van der Waals surface area contributed by atoms with E-state index in [4.69, 9.17) is 0 Å². The van der Waals surface area contributed by atoms with Crippen molar-refractivity contribution in [1.82, 2.24) is 0 Å². The van der Waals surface area contributed by atoms with Crippen molar-refractivity contribution in [3.8, 4) is 0 Å². The van der Waals surface area contributed by atoms with E-state index < -0.39 is 0 Å². The van der Waals surface area contributed by atoms with Gasteiger partial charge in [-0.2, -0.15) is 0 Å². The van der Waals surface area contributed by atoms with Crippen molar-refractivity contribution in [3.63, 3.8) is 0 Å². The van der Waals surface area contributed by atoms with Gasteiger partial charge in [0.25, 0.3) is 0 Å². The molecule has 121 valence electrons. The molecule has 1 fully saturated rings. The normalized spacial score (nSPS) is 37.6. The van der Waals surface area contributed by atoms with Crippen molar-refractivity contribution < 1.29 is 35.6 Å². The van der Waals surface area contributed by atoms with Gasteiger partial charge in [-0.15, -0.1) is 0 Å². The summed E-state index contributed by atoms with van der Waals surface area (Å²) in [5, 5.41) is 0. The first-order valence-electron chi connectivity index (χ1n) is 9.44. The third kappa shape index (κ3) is 2.48. The summed E-state index contributed by atoms with van der Waals surface area (Å²) >= 11 is -0.220. The van der Waals surface area contributed by atoms with Crippen LogP contribution in [0.3, 0.4) is 0 Å². The van der Waals surface area contributed by atoms with Crippen LogP contribution < -0.4 is 12.4 Å². The molecule has 0 spiro atoms. The molecule has 2 unspecified atom stereocenters. The van der Waals surface area contributed by atoms with Crippen LogP contribution in [0.25, 0.3) is 0 Å². The van der Waals surface area contributed by atoms with Crippen molar-refractivity contribution in [2.75, 3.05) is 0 Å². The fraction of sp³-hybridized carbons (Fsp3) is 0.619. The zero-order valence-electron chi connectivity index (χ0n) is 13.9. The van der Waals surface area contributed by atoms with Gasteiger partial charge >= 0.3 is 147 Å². The molecule has 2 heteroatoms. The van der Waals surface area contributed by atoms with Gasteiger partial charge in [0, 0.05) is 0 Å². The van der Waals surface area contributed by atoms with Gasteiger partial charge in [-0.1, -0.05) is 0 Å². The SMILES string of the molecule is C1=CC([C]2(C3C=CC4=C3CCCC4)C[CH2][Zr+]2)C2=C1CCCC2.[Cl-]. The maximum absolute atomic E-state index is 2.66. The molecule has 0 aromatic heterocycles. The minimum Gasteiger partial charge on any atom is -1.00 e. The van der Waals surface area contributed by atoms with Crippen LogP contribution in [-0.4, -0.2) is 0 Å². The van der Waals surface area contributed by atoms with Crippen molar-refractivity contribution in [1.29, 1.82) is 0 Å². The topological polar surface area (TPSA) is 0 Å². The molecule has 0 radical (unpaired) electrons. The minimum atomic E-state index is -0.220. The first-order valence-corrected chi connectivity index (χ1v) is 12.4. The molecule has 0 aromatic rings. The average molecular weight is 405 g/mol. The summed E-state index contributed by atoms with van der Waals surface area (Å²) < 4.78 is 2.36. The molecule has 0 bridgehead atoms. The summed E-state index contributed by atoms with van der Waals surface area (Å²) in [6.07, 6.45) is 23.3. The second kappa shape index (κ2) is 6.45. The predicted octanol–water partition coefficient (Wildman–Crippen LogP) is 3.17. The Morgan fingerprint density at radius 1 is 0.783 bits per heavy atom. The van der Waals surface area contributed by atoms with Gasteiger partial charge in [-0.25, -0.2) is 0 Å². The van der Waals surface area contributed by atoms with Crippen LogP contribution in [-0.2, 0) is 23.2 Å². The third-order valence-corrected chi connectivity index (χ3v) is 11.9. The molecule has 0 nitrogen and oxygen atoms in total. The van der Waals surface area contributed by atoms with Crippen LogP contribution in [0.1, 0.15) is 57.8 Å². The zero-order valence-corrected chi connectivity index (χ0v) is 17.1. The molecule has 0 aromatic carbocycles. The molecule has 0 amide bonds. The molecule has 0 N–H and O–H groups in total. The second-order valence-electron chi connectivity index (χ2n) is 7.91. The smallest absolute Gasteiger partial charge is 1.00 e. The number of hydrogen-bond acceptors (Lipinski definition) is 0. The molecule has 0 saturated carbocycles. The van der Waals surface area contributed by atoms with Crippen LogP contribution in [0, 0.1) is 11.8 Å². The van der Waals surface area contributed by atoms with Crippen LogP contribution in [0.4, 0.5) is 0 Å². The number of hydrogen-bond donors (Lipinski definition) is 0. The monoisotopic (exact) mass is 403 g/mol. The largest absolute Gasteiger partial charge is 1.00 e. The number of allylic oxidation sites excluding steroid dienone is 8. The van der Waals surface area contributed by atoms with E-state index in [0.717, 1.165) is 15.0 Å². The molecule has 2 atom stereocenters. The predicted molar refractivity (Wildman–Crippen MR) is 88.4 cm³/mol. The minimum absolute atomic E-state index is 0. The standard InChI is InChI=1S/C21H26.ClH.Zr/c1-2-17(20-13-11-15-7-3-5-9-18(15)20)21-14-12-16-8-4-6-10-19(16)21;;/h11-14,20-21H,1-10H2;1H;/q;;+1/p-1. The van der Waals surface area contributed by atoms with E-state index in [1.807, 2.05) is 11.1 Å². The second-order valence-corrected chi connectivity index (χ2v) is 12.3. The van der Waals surface area contributed by atoms with Gasteiger partial charge in [-0.05, 0) is 0 Å². The Kier molecular flexibility index (Phi) is 4.66. The molecule has 23 heavy (non-hydrogen) atoms. The molecule has 5 rings (SSSR count). The van der Waals surface area contributed by atoms with Gasteiger partial charge in [0.1, 0.15) is 0 Å². The quantitative estimate of drug-likeness (QED) is 0.663. The van der Waals surface area contributed by atoms with E-state index in [1.54, 1.807) is 15.3 Å². The van der Waals surface area contributed by atoms with Gasteiger partial charge < -0.3 is 12.4 Å². The Bertz CT molecular complexity index is 568. The summed E-state index contributed by atoms with van der Waals surface area (Å²) in [4.78, 5) is 0. The maximum atomic E-state index is 2.66. The molecule has 1 saturated heterocycles. The van der Waals surface area contributed by atoms with E-state index in [2.05, 4.69) is 24.3 Å². The molecule has 4 aliphatic carbocycles.